The molecule has 1 aromatic carbocycles. The highest BCUT2D eigenvalue weighted by atomic mass is 79.9. The van der Waals surface area contributed by atoms with Crippen LogP contribution in [0.15, 0.2) is 22.7 Å². The van der Waals surface area contributed by atoms with Crippen LogP contribution in [0, 0.1) is 0 Å². The van der Waals surface area contributed by atoms with Gasteiger partial charge in [-0.25, -0.2) is 0 Å². The summed E-state index contributed by atoms with van der Waals surface area (Å²) in [5.41, 5.74) is 1.72. The fraction of sp³-hybridized carbons (Fsp3) is 0.385. The van der Waals surface area contributed by atoms with Crippen LogP contribution in [0.3, 0.4) is 0 Å². The van der Waals surface area contributed by atoms with Crippen LogP contribution in [0.1, 0.15) is 12.8 Å². The maximum absolute atomic E-state index is 12.1. The van der Waals surface area contributed by atoms with E-state index in [9.17, 15) is 9.59 Å². The number of amides is 1. The summed E-state index contributed by atoms with van der Waals surface area (Å²) in [5.74, 6) is -0.403. The highest BCUT2D eigenvalue weighted by molar-refractivity contribution is 9.10. The van der Waals surface area contributed by atoms with Gasteiger partial charge < -0.3 is 15.0 Å². The fourth-order valence-corrected chi connectivity index (χ4v) is 2.52. The predicted octanol–water partition coefficient (Wildman–Crippen LogP) is 2.16. The van der Waals surface area contributed by atoms with Gasteiger partial charge in [-0.1, -0.05) is 15.9 Å². The lowest BCUT2D eigenvalue weighted by molar-refractivity contribution is -0.140. The van der Waals surface area contributed by atoms with Crippen LogP contribution in [0.4, 0.5) is 11.4 Å². The van der Waals surface area contributed by atoms with Gasteiger partial charge in [-0.15, -0.1) is 0 Å². The molecule has 102 valence electrons. The molecule has 0 unspecified atom stereocenters. The molecule has 6 heteroatoms. The average Bonchev–Trinajstić information content (AvgIpc) is 2.37. The summed E-state index contributed by atoms with van der Waals surface area (Å²) in [7, 11) is 3.20. The highest BCUT2D eigenvalue weighted by Gasteiger charge is 2.30. The molecule has 1 aromatic rings. The van der Waals surface area contributed by atoms with Gasteiger partial charge >= 0.3 is 5.97 Å². The molecule has 1 amide bonds. The zero-order chi connectivity index (χ0) is 14.0. The van der Waals surface area contributed by atoms with Gasteiger partial charge in [0.2, 0.25) is 5.91 Å². The summed E-state index contributed by atoms with van der Waals surface area (Å²) < 4.78 is 5.51. The number of likely N-dealkylation sites (N-methyl/N-ethyl adjacent to an activating group) is 1. The van der Waals surface area contributed by atoms with Crippen LogP contribution in [-0.2, 0) is 14.3 Å². The number of esters is 1. The molecule has 0 bridgehead atoms. The van der Waals surface area contributed by atoms with Crippen molar-refractivity contribution in [2.45, 2.75) is 18.9 Å². The molecule has 0 fully saturated rings. The first-order valence-corrected chi connectivity index (χ1v) is 6.72. The number of ether oxygens (including phenoxy) is 1. The van der Waals surface area contributed by atoms with Crippen molar-refractivity contribution in [2.75, 3.05) is 24.4 Å². The maximum atomic E-state index is 12.1. The van der Waals surface area contributed by atoms with Crippen molar-refractivity contribution in [1.29, 1.82) is 0 Å². The summed E-state index contributed by atoms with van der Waals surface area (Å²) in [6.07, 6.45) is 0.662. The molecule has 1 atom stereocenters. The van der Waals surface area contributed by atoms with Crippen LogP contribution in [0.2, 0.25) is 0 Å². The van der Waals surface area contributed by atoms with Gasteiger partial charge in [-0.3, -0.25) is 9.59 Å². The molecule has 19 heavy (non-hydrogen) atoms. The van der Waals surface area contributed by atoms with E-state index >= 15 is 0 Å². The zero-order valence-electron chi connectivity index (χ0n) is 10.8. The van der Waals surface area contributed by atoms with Crippen molar-refractivity contribution in [2.24, 2.45) is 0 Å². The topological polar surface area (TPSA) is 58.6 Å². The highest BCUT2D eigenvalue weighted by Crippen LogP contribution is 2.34. The Morgan fingerprint density at radius 3 is 2.95 bits per heavy atom. The SMILES string of the molecule is COC(=O)CC[C@H]1C(=O)Nc2cc(Br)ccc2N1C. The molecule has 0 aromatic heterocycles. The number of fused-ring (bicyclic) bond motifs is 1. The second kappa shape index (κ2) is 5.61. The van der Waals surface area contributed by atoms with Crippen molar-refractivity contribution in [3.63, 3.8) is 0 Å². The van der Waals surface area contributed by atoms with Crippen molar-refractivity contribution in [3.8, 4) is 0 Å². The number of methoxy groups -OCH3 is 1. The Bertz CT molecular complexity index is 519. The van der Waals surface area contributed by atoms with E-state index in [0.717, 1.165) is 15.8 Å². The number of rotatable bonds is 3. The molecule has 1 N–H and O–H groups in total. The van der Waals surface area contributed by atoms with Crippen molar-refractivity contribution >= 4 is 39.2 Å². The molecule has 0 aliphatic carbocycles. The zero-order valence-corrected chi connectivity index (χ0v) is 12.4. The molecule has 0 spiro atoms. The lowest BCUT2D eigenvalue weighted by Gasteiger charge is -2.35. The molecule has 0 saturated carbocycles. The summed E-state index contributed by atoms with van der Waals surface area (Å²) in [6.45, 7) is 0. The van der Waals surface area contributed by atoms with Crippen molar-refractivity contribution < 1.29 is 14.3 Å². The number of halogens is 1. The molecule has 0 radical (unpaired) electrons. The first-order chi connectivity index (χ1) is 9.02. The molecule has 1 aliphatic rings. The van der Waals surface area contributed by atoms with E-state index in [1.807, 2.05) is 30.1 Å². The Labute approximate surface area is 120 Å². The quantitative estimate of drug-likeness (QED) is 0.865. The predicted molar refractivity (Wildman–Crippen MR) is 76.2 cm³/mol. The molecule has 2 rings (SSSR count). The van der Waals surface area contributed by atoms with Crippen LogP contribution in [0.25, 0.3) is 0 Å². The first kappa shape index (κ1) is 13.9. The lowest BCUT2D eigenvalue weighted by atomic mass is 10.0. The average molecular weight is 327 g/mol. The molecule has 0 saturated heterocycles. The summed E-state index contributed by atoms with van der Waals surface area (Å²) >= 11 is 3.37. The van der Waals surface area contributed by atoms with Crippen molar-refractivity contribution in [1.82, 2.24) is 0 Å². The van der Waals surface area contributed by atoms with Gasteiger partial charge in [0.25, 0.3) is 0 Å². The monoisotopic (exact) mass is 326 g/mol. The minimum atomic E-state index is -0.354. The summed E-state index contributed by atoms with van der Waals surface area (Å²) in [4.78, 5) is 25.1. The first-order valence-electron chi connectivity index (χ1n) is 5.93. The molecular weight excluding hydrogens is 312 g/mol. The fourth-order valence-electron chi connectivity index (χ4n) is 2.16. The summed E-state index contributed by atoms with van der Waals surface area (Å²) in [5, 5.41) is 2.86. The van der Waals surface area contributed by atoms with Gasteiger partial charge in [-0.2, -0.15) is 0 Å². The van der Waals surface area contributed by atoms with Crippen LogP contribution in [-0.4, -0.2) is 32.1 Å². The minimum Gasteiger partial charge on any atom is -0.469 e. The van der Waals surface area contributed by atoms with E-state index in [4.69, 9.17) is 0 Å². The third kappa shape index (κ3) is 2.89. The number of anilines is 2. The van der Waals surface area contributed by atoms with Crippen molar-refractivity contribution in [3.05, 3.63) is 22.7 Å². The van der Waals surface area contributed by atoms with Gasteiger partial charge in [-0.05, 0) is 24.6 Å². The Morgan fingerprint density at radius 1 is 1.53 bits per heavy atom. The number of nitrogens with one attached hydrogen (secondary N) is 1. The Hall–Kier alpha value is -1.56. The van der Waals surface area contributed by atoms with Crippen LogP contribution >= 0.6 is 15.9 Å². The van der Waals surface area contributed by atoms with E-state index in [2.05, 4.69) is 26.0 Å². The number of benzene rings is 1. The van der Waals surface area contributed by atoms with E-state index in [1.54, 1.807) is 0 Å². The smallest absolute Gasteiger partial charge is 0.305 e. The third-order valence-electron chi connectivity index (χ3n) is 3.22. The molecule has 5 nitrogen and oxygen atoms in total. The minimum absolute atomic E-state index is 0.1000. The summed E-state index contributed by atoms with van der Waals surface area (Å²) in [6, 6.07) is 5.36. The number of hydrogen-bond donors (Lipinski definition) is 1. The Kier molecular flexibility index (Phi) is 4.09. The van der Waals surface area contributed by atoms with Gasteiger partial charge in [0.05, 0.1) is 18.5 Å². The molecule has 1 heterocycles. The Morgan fingerprint density at radius 2 is 2.26 bits per heavy atom. The number of carbonyl (C=O) groups is 2. The van der Waals surface area contributed by atoms with Crippen LogP contribution < -0.4 is 10.2 Å². The Balaban J connectivity index is 2.18. The van der Waals surface area contributed by atoms with E-state index in [-0.39, 0.29) is 24.3 Å². The molecule has 1 aliphatic heterocycles. The van der Waals surface area contributed by atoms with E-state index < -0.39 is 0 Å². The second-order valence-corrected chi connectivity index (χ2v) is 5.31. The maximum Gasteiger partial charge on any atom is 0.305 e. The number of hydrogen-bond acceptors (Lipinski definition) is 4. The number of carbonyl (C=O) groups excluding carboxylic acids is 2. The standard InChI is InChI=1S/C13H15BrN2O3/c1-16-10-4-3-8(14)7-9(10)15-13(18)11(16)5-6-12(17)19-2/h3-4,7,11H,5-6H2,1-2H3,(H,15,18)/t11-/m0/s1. The van der Waals surface area contributed by atoms with Gasteiger partial charge in [0, 0.05) is 17.9 Å². The van der Waals surface area contributed by atoms with E-state index in [0.29, 0.717) is 6.42 Å². The second-order valence-electron chi connectivity index (χ2n) is 4.39. The van der Waals surface area contributed by atoms with Crippen LogP contribution in [0.5, 0.6) is 0 Å². The van der Waals surface area contributed by atoms with Gasteiger partial charge in [0.1, 0.15) is 6.04 Å². The normalized spacial score (nSPS) is 17.7. The number of nitrogens with zero attached hydrogens (tertiary/aromatic N) is 1. The third-order valence-corrected chi connectivity index (χ3v) is 3.71. The van der Waals surface area contributed by atoms with Gasteiger partial charge in [0.15, 0.2) is 0 Å². The molecular formula is C13H15BrN2O3. The largest absolute Gasteiger partial charge is 0.469 e. The van der Waals surface area contributed by atoms with E-state index in [1.165, 1.54) is 7.11 Å². The lowest BCUT2D eigenvalue weighted by Crippen LogP contribution is -2.46.